The smallest absolute Gasteiger partial charge is 0.462 e. The van der Waals surface area contributed by atoms with Gasteiger partial charge in [0.15, 0.2) is 6.10 Å². The molecule has 85 heavy (non-hydrogen) atoms. The van der Waals surface area contributed by atoms with Crippen LogP contribution in [0.15, 0.2) is 0 Å². The third-order valence-corrected chi connectivity index (χ3v) is 18.9. The lowest BCUT2D eigenvalue weighted by molar-refractivity contribution is -0.870. The van der Waals surface area contributed by atoms with Crippen molar-refractivity contribution in [1.29, 1.82) is 0 Å². The van der Waals surface area contributed by atoms with Crippen LogP contribution in [0.25, 0.3) is 0 Å². The highest BCUT2D eigenvalue weighted by atomic mass is 31.2. The van der Waals surface area contributed by atoms with Gasteiger partial charge in [0.1, 0.15) is 19.8 Å². The van der Waals surface area contributed by atoms with Gasteiger partial charge in [0, 0.05) is 12.8 Å². The zero-order chi connectivity index (χ0) is 61.9. The van der Waals surface area contributed by atoms with Crippen LogP contribution in [-0.4, -0.2) is 74.9 Å². The Balaban J connectivity index is 3.89. The monoisotopic (exact) mass is 1230 g/mol. The maximum Gasteiger partial charge on any atom is 0.472 e. The number of hydrogen-bond acceptors (Lipinski definition) is 7. The minimum atomic E-state index is -4.39. The maximum absolute atomic E-state index is 12.9. The average Bonchev–Trinajstić information content (AvgIpc) is 3.49. The van der Waals surface area contributed by atoms with Crippen molar-refractivity contribution in [2.45, 2.75) is 424 Å². The van der Waals surface area contributed by atoms with Gasteiger partial charge in [0.2, 0.25) is 0 Å². The predicted molar refractivity (Wildman–Crippen MR) is 368 cm³/mol. The van der Waals surface area contributed by atoms with Crippen LogP contribution in [0.1, 0.15) is 418 Å². The molecule has 9 nitrogen and oxygen atoms in total. The van der Waals surface area contributed by atoms with Crippen molar-refractivity contribution >= 4 is 19.8 Å². The van der Waals surface area contributed by atoms with Crippen molar-refractivity contribution in [2.24, 2.45) is 0 Å². The Morgan fingerprint density at radius 2 is 0.529 bits per heavy atom. The number of hydrogen-bond donors (Lipinski definition) is 1. The number of unbranched alkanes of at least 4 members (excludes halogenated alkanes) is 59. The molecule has 508 valence electrons. The Bertz CT molecular complexity index is 1390. The molecule has 2 atom stereocenters. The molecule has 0 saturated heterocycles. The highest BCUT2D eigenvalue weighted by Crippen LogP contribution is 2.43. The van der Waals surface area contributed by atoms with Gasteiger partial charge in [0.25, 0.3) is 0 Å². The zero-order valence-electron chi connectivity index (χ0n) is 58.2. The molecule has 1 N–H and O–H groups in total. The van der Waals surface area contributed by atoms with Gasteiger partial charge in [-0.1, -0.05) is 393 Å². The molecule has 0 fully saturated rings. The summed E-state index contributed by atoms with van der Waals surface area (Å²) in [7, 11) is 1.51. The number of ether oxygens (including phenoxy) is 2. The molecule has 0 radical (unpaired) electrons. The van der Waals surface area contributed by atoms with Crippen LogP contribution in [0.3, 0.4) is 0 Å². The molecule has 0 aliphatic heterocycles. The number of phosphoric acid groups is 1. The van der Waals surface area contributed by atoms with Gasteiger partial charge in [-0.3, -0.25) is 18.6 Å². The van der Waals surface area contributed by atoms with E-state index >= 15 is 0 Å². The first-order valence-electron chi connectivity index (χ1n) is 38.3. The molecule has 0 spiro atoms. The van der Waals surface area contributed by atoms with Crippen LogP contribution in [0.4, 0.5) is 0 Å². The topological polar surface area (TPSA) is 108 Å². The Kier molecular flexibility index (Phi) is 66.6. The minimum Gasteiger partial charge on any atom is -0.462 e. The molecule has 0 rings (SSSR count). The van der Waals surface area contributed by atoms with Crippen LogP contribution in [-0.2, 0) is 32.7 Å². The summed E-state index contributed by atoms with van der Waals surface area (Å²) in [4.78, 5) is 35.9. The Hall–Kier alpha value is -0.990. The lowest BCUT2D eigenvalue weighted by Gasteiger charge is -2.24. The Morgan fingerprint density at radius 3 is 0.753 bits per heavy atom. The van der Waals surface area contributed by atoms with Crippen molar-refractivity contribution in [3.63, 3.8) is 0 Å². The lowest BCUT2D eigenvalue weighted by atomic mass is 10.0. The van der Waals surface area contributed by atoms with Gasteiger partial charge >= 0.3 is 19.8 Å². The van der Waals surface area contributed by atoms with E-state index in [1.807, 2.05) is 21.1 Å². The standard InChI is InChI=1S/C75H150NO8P/c1-6-8-10-12-14-16-18-20-22-24-26-28-30-32-33-34-35-36-37-38-39-40-41-42-44-46-48-50-52-54-56-58-60-62-64-66-68-75(78)84-73(72-83-85(79,80)82-70-69-76(3,4)5)71-81-74(77)67-65-63-61-59-57-55-53-51-49-47-45-43-31-29-27-25-23-21-19-17-15-13-11-9-7-2/h73H,6-72H2,1-5H3/p+1. The fraction of sp³-hybridized carbons (Fsp3) is 0.973. The van der Waals surface area contributed by atoms with E-state index in [4.69, 9.17) is 18.5 Å². The molecule has 10 heteroatoms. The molecule has 2 unspecified atom stereocenters. The van der Waals surface area contributed by atoms with Crippen molar-refractivity contribution in [3.05, 3.63) is 0 Å². The fourth-order valence-electron chi connectivity index (χ4n) is 12.0. The molecule has 0 aromatic heterocycles. The normalized spacial score (nSPS) is 13.0. The third-order valence-electron chi connectivity index (χ3n) is 17.9. The third kappa shape index (κ3) is 72.0. The molecular formula is C75H151NO8P+. The number of likely N-dealkylation sites (N-methyl/N-ethyl adjacent to an activating group) is 1. The maximum atomic E-state index is 12.9. The Morgan fingerprint density at radius 1 is 0.318 bits per heavy atom. The predicted octanol–water partition coefficient (Wildman–Crippen LogP) is 24.9. The molecule has 0 heterocycles. The first kappa shape index (κ1) is 84.0. The summed E-state index contributed by atoms with van der Waals surface area (Å²) in [5.41, 5.74) is 0. The lowest BCUT2D eigenvalue weighted by Crippen LogP contribution is -2.37. The quantitative estimate of drug-likeness (QED) is 0.0278. The summed E-state index contributed by atoms with van der Waals surface area (Å²) in [5.74, 6) is -0.766. The SMILES string of the molecule is CCCCCCCCCCCCCCCCCCCCCCCCCCCCCCCCCCCCCCC(=O)OC(COC(=O)CCCCCCCCCCCCCCCCCCCCCCCCCCC)COP(=O)(O)OCC[N+](C)(C)C. The summed E-state index contributed by atoms with van der Waals surface area (Å²) in [6.45, 7) is 4.54. The summed E-state index contributed by atoms with van der Waals surface area (Å²) >= 11 is 0. The van der Waals surface area contributed by atoms with Crippen molar-refractivity contribution in [2.75, 3.05) is 47.5 Å². The van der Waals surface area contributed by atoms with Gasteiger partial charge in [0.05, 0.1) is 27.7 Å². The van der Waals surface area contributed by atoms with Gasteiger partial charge in [-0.25, -0.2) is 4.57 Å². The molecule has 0 aromatic rings. The summed E-state index contributed by atoms with van der Waals surface area (Å²) in [6.07, 6.45) is 82.5. The molecule has 0 aliphatic carbocycles. The molecule has 0 aliphatic rings. The molecule has 0 aromatic carbocycles. The van der Waals surface area contributed by atoms with Crippen LogP contribution in [0, 0.1) is 0 Å². The summed E-state index contributed by atoms with van der Waals surface area (Å²) in [6, 6.07) is 0. The molecule has 0 amide bonds. The van der Waals surface area contributed by atoms with E-state index in [1.165, 1.54) is 353 Å². The number of esters is 2. The highest BCUT2D eigenvalue weighted by Gasteiger charge is 2.27. The minimum absolute atomic E-state index is 0.0378. The first-order chi connectivity index (χ1) is 41.5. The van der Waals surface area contributed by atoms with Gasteiger partial charge in [-0.2, -0.15) is 0 Å². The second-order valence-electron chi connectivity index (χ2n) is 27.8. The fourth-order valence-corrected chi connectivity index (χ4v) is 12.8. The van der Waals surface area contributed by atoms with E-state index in [2.05, 4.69) is 13.8 Å². The number of rotatable bonds is 73. The second kappa shape index (κ2) is 67.4. The van der Waals surface area contributed by atoms with E-state index in [0.29, 0.717) is 17.4 Å². The summed E-state index contributed by atoms with van der Waals surface area (Å²) < 4.78 is 34.8. The van der Waals surface area contributed by atoms with Crippen LogP contribution in [0.2, 0.25) is 0 Å². The van der Waals surface area contributed by atoms with E-state index in [-0.39, 0.29) is 25.6 Å². The number of carbonyl (C=O) groups is 2. The van der Waals surface area contributed by atoms with Crippen LogP contribution >= 0.6 is 7.82 Å². The number of phosphoric ester groups is 1. The van der Waals surface area contributed by atoms with Crippen molar-refractivity contribution in [1.82, 2.24) is 0 Å². The Labute approximate surface area is 531 Å². The summed E-state index contributed by atoms with van der Waals surface area (Å²) in [5, 5.41) is 0. The second-order valence-corrected chi connectivity index (χ2v) is 29.2. The first-order valence-corrected chi connectivity index (χ1v) is 39.8. The van der Waals surface area contributed by atoms with Gasteiger partial charge in [-0.05, 0) is 12.8 Å². The van der Waals surface area contributed by atoms with Crippen LogP contribution in [0.5, 0.6) is 0 Å². The van der Waals surface area contributed by atoms with Gasteiger partial charge < -0.3 is 18.9 Å². The average molecular weight is 1230 g/mol. The van der Waals surface area contributed by atoms with Crippen molar-refractivity contribution < 1.29 is 42.1 Å². The zero-order valence-corrected chi connectivity index (χ0v) is 59.0. The van der Waals surface area contributed by atoms with Crippen LogP contribution < -0.4 is 0 Å². The van der Waals surface area contributed by atoms with E-state index in [9.17, 15) is 19.0 Å². The molecule has 0 bridgehead atoms. The van der Waals surface area contributed by atoms with E-state index in [0.717, 1.165) is 38.5 Å². The highest BCUT2D eigenvalue weighted by molar-refractivity contribution is 7.47. The van der Waals surface area contributed by atoms with E-state index < -0.39 is 26.5 Å². The van der Waals surface area contributed by atoms with Gasteiger partial charge in [-0.15, -0.1) is 0 Å². The molecule has 0 saturated carbocycles. The van der Waals surface area contributed by atoms with Crippen molar-refractivity contribution in [3.8, 4) is 0 Å². The number of quaternary nitrogens is 1. The van der Waals surface area contributed by atoms with E-state index in [1.54, 1.807) is 0 Å². The number of nitrogens with zero attached hydrogens (tertiary/aromatic N) is 1. The largest absolute Gasteiger partial charge is 0.472 e. The number of carbonyl (C=O) groups excluding carboxylic acids is 2. The molecular weight excluding hydrogens is 1070 g/mol.